The molecule has 1 atom stereocenters. The molecule has 102 valence electrons. The van der Waals surface area contributed by atoms with Crippen LogP contribution in [0.25, 0.3) is 0 Å². The molecule has 18 heavy (non-hydrogen) atoms. The maximum Gasteiger partial charge on any atom is 0.330 e. The van der Waals surface area contributed by atoms with Gasteiger partial charge in [-0.3, -0.25) is 4.68 Å². The van der Waals surface area contributed by atoms with Gasteiger partial charge in [-0.05, 0) is 31.2 Å². The van der Waals surface area contributed by atoms with Gasteiger partial charge in [0.15, 0.2) is 0 Å². The van der Waals surface area contributed by atoms with E-state index >= 15 is 0 Å². The zero-order valence-corrected chi connectivity index (χ0v) is 12.1. The monoisotopic (exact) mass is 252 g/mol. The van der Waals surface area contributed by atoms with Crippen LogP contribution < -0.4 is 0 Å². The summed E-state index contributed by atoms with van der Waals surface area (Å²) in [5.41, 5.74) is 2.13. The highest BCUT2D eigenvalue weighted by Crippen LogP contribution is 2.22. The SMILES string of the molecule is CCc1cc(CC)n([C@@H](CC(C)C)C(=O)OC)n1. The standard InChI is InChI=1S/C14H24N2O2/c1-6-11-9-12(7-2)16(15-11)13(8-10(3)4)14(17)18-5/h9-10,13H,6-8H2,1-5H3/t13-/m0/s1. The van der Waals surface area contributed by atoms with E-state index in [0.29, 0.717) is 5.92 Å². The van der Waals surface area contributed by atoms with Gasteiger partial charge in [-0.15, -0.1) is 0 Å². The van der Waals surface area contributed by atoms with Gasteiger partial charge < -0.3 is 4.74 Å². The molecule has 0 amide bonds. The van der Waals surface area contributed by atoms with Crippen molar-refractivity contribution in [1.29, 1.82) is 0 Å². The van der Waals surface area contributed by atoms with E-state index in [1.54, 1.807) is 0 Å². The van der Waals surface area contributed by atoms with Crippen LogP contribution in [0.2, 0.25) is 0 Å². The third-order valence-electron chi connectivity index (χ3n) is 3.05. The summed E-state index contributed by atoms with van der Waals surface area (Å²) in [5.74, 6) is 0.220. The van der Waals surface area contributed by atoms with Gasteiger partial charge in [0.2, 0.25) is 0 Å². The topological polar surface area (TPSA) is 44.1 Å². The Hall–Kier alpha value is -1.32. The van der Waals surface area contributed by atoms with Gasteiger partial charge in [0.25, 0.3) is 0 Å². The molecular formula is C14H24N2O2. The number of carbonyl (C=O) groups is 1. The van der Waals surface area contributed by atoms with Crippen molar-refractivity contribution in [2.75, 3.05) is 7.11 Å². The number of methoxy groups -OCH3 is 1. The van der Waals surface area contributed by atoms with E-state index in [1.807, 2.05) is 4.68 Å². The van der Waals surface area contributed by atoms with Crippen LogP contribution in [0.1, 0.15) is 51.5 Å². The van der Waals surface area contributed by atoms with Crippen molar-refractivity contribution in [3.8, 4) is 0 Å². The lowest BCUT2D eigenvalue weighted by molar-refractivity contribution is -0.145. The number of aryl methyl sites for hydroxylation is 2. The number of rotatable bonds is 6. The average Bonchev–Trinajstić information content (AvgIpc) is 2.77. The van der Waals surface area contributed by atoms with Crippen molar-refractivity contribution in [1.82, 2.24) is 9.78 Å². The number of carbonyl (C=O) groups excluding carboxylic acids is 1. The van der Waals surface area contributed by atoms with Gasteiger partial charge in [0.05, 0.1) is 12.8 Å². The average molecular weight is 252 g/mol. The van der Waals surface area contributed by atoms with E-state index in [0.717, 1.165) is 30.7 Å². The summed E-state index contributed by atoms with van der Waals surface area (Å²) in [6, 6.07) is 1.78. The molecule has 0 aliphatic heterocycles. The highest BCUT2D eigenvalue weighted by Gasteiger charge is 2.25. The first-order valence-electron chi connectivity index (χ1n) is 6.68. The fourth-order valence-corrected chi connectivity index (χ4v) is 2.08. The minimum absolute atomic E-state index is 0.204. The van der Waals surface area contributed by atoms with E-state index in [-0.39, 0.29) is 12.0 Å². The molecule has 0 bridgehead atoms. The van der Waals surface area contributed by atoms with Crippen molar-refractivity contribution in [3.63, 3.8) is 0 Å². The summed E-state index contributed by atoms with van der Waals surface area (Å²) in [4.78, 5) is 11.9. The smallest absolute Gasteiger partial charge is 0.330 e. The van der Waals surface area contributed by atoms with Crippen LogP contribution >= 0.6 is 0 Å². The molecule has 0 fully saturated rings. The first kappa shape index (κ1) is 14.7. The molecule has 0 aliphatic carbocycles. The molecule has 1 aromatic heterocycles. The molecule has 0 aliphatic rings. The van der Waals surface area contributed by atoms with Gasteiger partial charge in [-0.2, -0.15) is 5.10 Å². The van der Waals surface area contributed by atoms with Gasteiger partial charge in [-0.1, -0.05) is 27.7 Å². The van der Waals surface area contributed by atoms with E-state index in [2.05, 4.69) is 38.9 Å². The molecule has 4 heteroatoms. The largest absolute Gasteiger partial charge is 0.467 e. The van der Waals surface area contributed by atoms with E-state index in [1.165, 1.54) is 7.11 Å². The maximum atomic E-state index is 11.9. The Balaban J connectivity index is 3.10. The number of aromatic nitrogens is 2. The lowest BCUT2D eigenvalue weighted by atomic mass is 10.0. The van der Waals surface area contributed by atoms with Gasteiger partial charge in [0.1, 0.15) is 6.04 Å². The van der Waals surface area contributed by atoms with Crippen molar-refractivity contribution in [3.05, 3.63) is 17.5 Å². The molecule has 1 aromatic rings. The minimum Gasteiger partial charge on any atom is -0.467 e. The molecule has 1 rings (SSSR count). The van der Waals surface area contributed by atoms with Crippen molar-refractivity contribution < 1.29 is 9.53 Å². The molecule has 0 N–H and O–H groups in total. The second-order valence-electron chi connectivity index (χ2n) is 4.95. The first-order valence-corrected chi connectivity index (χ1v) is 6.68. The summed E-state index contributed by atoms with van der Waals surface area (Å²) < 4.78 is 6.76. The fraction of sp³-hybridized carbons (Fsp3) is 0.714. The normalized spacial score (nSPS) is 12.8. The second-order valence-corrected chi connectivity index (χ2v) is 4.95. The predicted octanol–water partition coefficient (Wildman–Crippen LogP) is 2.77. The Morgan fingerprint density at radius 2 is 2.06 bits per heavy atom. The summed E-state index contributed by atoms with van der Waals surface area (Å²) in [6.45, 7) is 8.36. The lowest BCUT2D eigenvalue weighted by Gasteiger charge is -2.19. The van der Waals surface area contributed by atoms with E-state index < -0.39 is 0 Å². The Bertz CT molecular complexity index is 396. The third kappa shape index (κ3) is 3.34. The van der Waals surface area contributed by atoms with Crippen LogP contribution in [0.5, 0.6) is 0 Å². The van der Waals surface area contributed by atoms with E-state index in [4.69, 9.17) is 4.74 Å². The Morgan fingerprint density at radius 3 is 2.50 bits per heavy atom. The van der Waals surface area contributed by atoms with Crippen LogP contribution in [0.4, 0.5) is 0 Å². The second kappa shape index (κ2) is 6.57. The number of esters is 1. The van der Waals surface area contributed by atoms with Crippen LogP contribution in [-0.4, -0.2) is 22.9 Å². The zero-order valence-electron chi connectivity index (χ0n) is 12.1. The Morgan fingerprint density at radius 1 is 1.39 bits per heavy atom. The number of hydrogen-bond donors (Lipinski definition) is 0. The Kier molecular flexibility index (Phi) is 5.38. The van der Waals surface area contributed by atoms with Gasteiger partial charge in [0, 0.05) is 5.69 Å². The summed E-state index contributed by atoms with van der Waals surface area (Å²) in [6.07, 6.45) is 2.51. The summed E-state index contributed by atoms with van der Waals surface area (Å²) >= 11 is 0. The highest BCUT2D eigenvalue weighted by molar-refractivity contribution is 5.74. The lowest BCUT2D eigenvalue weighted by Crippen LogP contribution is -2.25. The number of nitrogens with zero attached hydrogens (tertiary/aromatic N) is 2. The molecule has 0 aromatic carbocycles. The van der Waals surface area contributed by atoms with Crippen LogP contribution in [0, 0.1) is 5.92 Å². The molecule has 4 nitrogen and oxygen atoms in total. The molecule has 0 unspecified atom stereocenters. The van der Waals surface area contributed by atoms with Gasteiger partial charge in [-0.25, -0.2) is 4.79 Å². The van der Waals surface area contributed by atoms with Crippen LogP contribution in [0.15, 0.2) is 6.07 Å². The molecule has 0 saturated heterocycles. The third-order valence-corrected chi connectivity index (χ3v) is 3.05. The van der Waals surface area contributed by atoms with Crippen molar-refractivity contribution >= 4 is 5.97 Å². The van der Waals surface area contributed by atoms with Gasteiger partial charge >= 0.3 is 5.97 Å². The van der Waals surface area contributed by atoms with Crippen molar-refractivity contribution in [2.24, 2.45) is 5.92 Å². The molecule has 0 saturated carbocycles. The van der Waals surface area contributed by atoms with E-state index in [9.17, 15) is 4.79 Å². The fourth-order valence-electron chi connectivity index (χ4n) is 2.08. The van der Waals surface area contributed by atoms with Crippen LogP contribution in [0.3, 0.4) is 0 Å². The first-order chi connectivity index (χ1) is 8.53. The predicted molar refractivity (Wildman–Crippen MR) is 71.5 cm³/mol. The quantitative estimate of drug-likeness (QED) is 0.731. The van der Waals surface area contributed by atoms with Crippen molar-refractivity contribution in [2.45, 2.75) is 53.0 Å². The summed E-state index contributed by atoms with van der Waals surface area (Å²) in [7, 11) is 1.44. The minimum atomic E-state index is -0.301. The highest BCUT2D eigenvalue weighted by atomic mass is 16.5. The maximum absolute atomic E-state index is 11.9. The molecule has 0 spiro atoms. The molecule has 0 radical (unpaired) electrons. The summed E-state index contributed by atoms with van der Waals surface area (Å²) in [5, 5.41) is 4.54. The zero-order chi connectivity index (χ0) is 13.7. The Labute approximate surface area is 109 Å². The number of ether oxygens (including phenoxy) is 1. The number of hydrogen-bond acceptors (Lipinski definition) is 3. The molecular weight excluding hydrogens is 228 g/mol. The van der Waals surface area contributed by atoms with Crippen LogP contribution in [-0.2, 0) is 22.4 Å². The molecule has 1 heterocycles.